The van der Waals surface area contributed by atoms with Gasteiger partial charge in [0.2, 0.25) is 11.4 Å². The quantitative estimate of drug-likeness (QED) is 0.161. The highest BCUT2D eigenvalue weighted by Crippen LogP contribution is 2.37. The maximum absolute atomic E-state index is 13.4. The molecule has 1 aliphatic heterocycles. The number of nitrogens with zero attached hydrogens (tertiary/aromatic N) is 2. The van der Waals surface area contributed by atoms with Gasteiger partial charge in [0.05, 0.1) is 15.8 Å². The standard InChI is InChI=1S/C21H19ClF3N5O6S2/c22-14-6-4-12-11(28-14)9-15(37-12)38(34,35)29-18(30-7-1-2-8-30)20(33)13(36-19(32)21(23,24)25)5-3-10(16(20)31)17(26)27/h3-6,9,18,29,33H,1-2,7-8H2,(H3,26,27)/t18?,20-/m0/s1. The molecule has 1 aliphatic carbocycles. The number of hydrogen-bond acceptors (Lipinski definition) is 10. The summed E-state index contributed by atoms with van der Waals surface area (Å²) in [4.78, 5) is 30.4. The van der Waals surface area contributed by atoms with Gasteiger partial charge in [-0.1, -0.05) is 11.6 Å². The number of amidine groups is 1. The molecule has 11 nitrogen and oxygen atoms in total. The number of likely N-dealkylation sites (tertiary alicyclic amines) is 1. The van der Waals surface area contributed by atoms with Crippen LogP contribution in [0.4, 0.5) is 13.2 Å². The van der Waals surface area contributed by atoms with Crippen molar-refractivity contribution in [1.82, 2.24) is 14.6 Å². The lowest BCUT2D eigenvalue weighted by Crippen LogP contribution is -2.66. The Hall–Kier alpha value is -2.89. The van der Waals surface area contributed by atoms with Crippen molar-refractivity contribution in [2.75, 3.05) is 13.1 Å². The second kappa shape index (κ2) is 10.0. The molecular formula is C21H19ClF3N5O6S2. The van der Waals surface area contributed by atoms with E-state index in [-0.39, 0.29) is 28.0 Å². The number of esters is 1. The molecule has 38 heavy (non-hydrogen) atoms. The number of ether oxygens (including phenoxy) is 1. The van der Waals surface area contributed by atoms with E-state index in [1.165, 1.54) is 23.1 Å². The number of ketones is 1. The topological polar surface area (TPSA) is 176 Å². The Bertz CT molecular complexity index is 1500. The lowest BCUT2D eigenvalue weighted by molar-refractivity contribution is -0.199. The van der Waals surface area contributed by atoms with Gasteiger partial charge in [0.1, 0.15) is 21.4 Å². The number of fused-ring (bicyclic) bond motifs is 1. The molecule has 0 aromatic carbocycles. The van der Waals surface area contributed by atoms with Crippen LogP contribution in [0.1, 0.15) is 12.8 Å². The average Bonchev–Trinajstić information content (AvgIpc) is 3.50. The molecular weight excluding hydrogens is 575 g/mol. The molecule has 17 heteroatoms. The summed E-state index contributed by atoms with van der Waals surface area (Å²) < 4.78 is 72.7. The number of rotatable bonds is 7. The van der Waals surface area contributed by atoms with Gasteiger partial charge in [0, 0.05) is 0 Å². The van der Waals surface area contributed by atoms with Crippen LogP contribution < -0.4 is 10.5 Å². The van der Waals surface area contributed by atoms with E-state index < -0.39 is 56.9 Å². The molecule has 0 radical (unpaired) electrons. The molecule has 3 heterocycles. The van der Waals surface area contributed by atoms with Gasteiger partial charge in [-0.15, -0.1) is 11.3 Å². The van der Waals surface area contributed by atoms with Gasteiger partial charge in [0.25, 0.3) is 10.0 Å². The number of carbonyl (C=O) groups excluding carboxylic acids is 2. The summed E-state index contributed by atoms with van der Waals surface area (Å²) in [5, 5.41) is 19.4. The summed E-state index contributed by atoms with van der Waals surface area (Å²) in [5.41, 5.74) is 1.84. The van der Waals surface area contributed by atoms with E-state index in [0.717, 1.165) is 17.4 Å². The monoisotopic (exact) mass is 593 g/mol. The molecule has 1 unspecified atom stereocenters. The van der Waals surface area contributed by atoms with Crippen molar-refractivity contribution in [3.63, 3.8) is 0 Å². The van der Waals surface area contributed by atoms with Gasteiger partial charge in [-0.2, -0.15) is 17.9 Å². The zero-order valence-electron chi connectivity index (χ0n) is 19.1. The van der Waals surface area contributed by atoms with Crippen LogP contribution in [0.2, 0.25) is 5.15 Å². The first-order valence-electron chi connectivity index (χ1n) is 10.8. The van der Waals surface area contributed by atoms with Crippen LogP contribution >= 0.6 is 22.9 Å². The molecule has 2 aromatic rings. The number of thiophene rings is 1. The summed E-state index contributed by atoms with van der Waals surface area (Å²) in [6.07, 6.45) is -4.96. The molecule has 5 N–H and O–H groups in total. The Labute approximate surface area is 222 Å². The zero-order chi connectivity index (χ0) is 28.0. The molecule has 0 amide bonds. The minimum absolute atomic E-state index is 0.106. The predicted molar refractivity (Wildman–Crippen MR) is 130 cm³/mol. The highest BCUT2D eigenvalue weighted by atomic mass is 35.5. The Morgan fingerprint density at radius 2 is 1.97 bits per heavy atom. The first kappa shape index (κ1) is 28.1. The lowest BCUT2D eigenvalue weighted by atomic mass is 9.83. The minimum Gasteiger partial charge on any atom is -0.421 e. The highest BCUT2D eigenvalue weighted by molar-refractivity contribution is 7.91. The second-order valence-corrected chi connectivity index (χ2v) is 11.8. The molecule has 1 saturated heterocycles. The number of aromatic nitrogens is 1. The third-order valence-corrected chi connectivity index (χ3v) is 9.03. The molecule has 2 aromatic heterocycles. The van der Waals surface area contributed by atoms with Crippen molar-refractivity contribution in [2.24, 2.45) is 5.73 Å². The van der Waals surface area contributed by atoms with Crippen molar-refractivity contribution < 1.29 is 41.0 Å². The number of nitrogens with two attached hydrogens (primary N) is 1. The molecule has 0 saturated carbocycles. The molecule has 1 fully saturated rings. The first-order valence-corrected chi connectivity index (χ1v) is 13.5. The Morgan fingerprint density at radius 3 is 2.58 bits per heavy atom. The molecule has 0 bridgehead atoms. The highest BCUT2D eigenvalue weighted by Gasteiger charge is 2.57. The van der Waals surface area contributed by atoms with Gasteiger partial charge < -0.3 is 15.6 Å². The fourth-order valence-electron chi connectivity index (χ4n) is 4.06. The van der Waals surface area contributed by atoms with E-state index in [9.17, 15) is 36.3 Å². The van der Waals surface area contributed by atoms with Crippen molar-refractivity contribution in [1.29, 1.82) is 5.41 Å². The van der Waals surface area contributed by atoms with Gasteiger partial charge in [-0.3, -0.25) is 15.1 Å². The van der Waals surface area contributed by atoms with Crippen molar-refractivity contribution >= 4 is 60.8 Å². The number of carbonyl (C=O) groups is 2. The van der Waals surface area contributed by atoms with E-state index in [0.29, 0.717) is 23.6 Å². The number of pyridine rings is 1. The fourth-order valence-corrected chi connectivity index (χ4v) is 6.79. The smallest absolute Gasteiger partial charge is 0.421 e. The van der Waals surface area contributed by atoms with Crippen molar-refractivity contribution in [3.8, 4) is 0 Å². The summed E-state index contributed by atoms with van der Waals surface area (Å²) in [7, 11) is -4.56. The van der Waals surface area contributed by atoms with Gasteiger partial charge in [-0.25, -0.2) is 18.2 Å². The number of Topliss-reactive ketones (excluding diaryl/α,β-unsaturated/α-hetero) is 1. The van der Waals surface area contributed by atoms with Gasteiger partial charge >= 0.3 is 12.1 Å². The second-order valence-electron chi connectivity index (χ2n) is 8.36. The van der Waals surface area contributed by atoms with Gasteiger partial charge in [0.15, 0.2) is 5.76 Å². The summed E-state index contributed by atoms with van der Waals surface area (Å²) in [5.74, 6) is -6.20. The number of aliphatic hydroxyl groups is 1. The maximum Gasteiger partial charge on any atom is 0.491 e. The van der Waals surface area contributed by atoms with E-state index in [4.69, 9.17) is 22.7 Å². The van der Waals surface area contributed by atoms with Crippen LogP contribution in [0.3, 0.4) is 0 Å². The Morgan fingerprint density at radius 1 is 1.32 bits per heavy atom. The number of alkyl halides is 3. The summed E-state index contributed by atoms with van der Waals surface area (Å²) in [6.45, 7) is 0.262. The Kier molecular flexibility index (Phi) is 7.41. The number of hydrogen-bond donors (Lipinski definition) is 4. The predicted octanol–water partition coefficient (Wildman–Crippen LogP) is 1.82. The lowest BCUT2D eigenvalue weighted by Gasteiger charge is -2.41. The summed E-state index contributed by atoms with van der Waals surface area (Å²) in [6, 6.07) is 4.18. The van der Waals surface area contributed by atoms with E-state index in [2.05, 4.69) is 14.4 Å². The van der Waals surface area contributed by atoms with Crippen LogP contribution in [0, 0.1) is 5.41 Å². The van der Waals surface area contributed by atoms with E-state index in [1.54, 1.807) is 0 Å². The van der Waals surface area contributed by atoms with Crippen molar-refractivity contribution in [3.05, 3.63) is 46.8 Å². The van der Waals surface area contributed by atoms with Gasteiger partial charge in [-0.05, 0) is 56.3 Å². The van der Waals surface area contributed by atoms with Crippen LogP contribution in [0.25, 0.3) is 10.2 Å². The number of nitrogens with one attached hydrogen (secondary N) is 2. The van der Waals surface area contributed by atoms with Crippen LogP contribution in [0.15, 0.2) is 45.9 Å². The van der Waals surface area contributed by atoms with E-state index in [1.807, 2.05) is 0 Å². The summed E-state index contributed by atoms with van der Waals surface area (Å²) >= 11 is 6.66. The normalized spacial score (nSPS) is 21.8. The largest absolute Gasteiger partial charge is 0.491 e. The fraction of sp³-hybridized carbons (Fsp3) is 0.333. The molecule has 204 valence electrons. The minimum atomic E-state index is -5.50. The molecule has 2 atom stereocenters. The maximum atomic E-state index is 13.4. The van der Waals surface area contributed by atoms with Crippen LogP contribution in [-0.4, -0.2) is 72.0 Å². The molecule has 0 spiro atoms. The molecule has 2 aliphatic rings. The third kappa shape index (κ3) is 5.19. The molecule has 4 rings (SSSR count). The number of halogens is 4. The van der Waals surface area contributed by atoms with Crippen LogP contribution in [-0.2, 0) is 24.3 Å². The Balaban J connectivity index is 1.82. The first-order chi connectivity index (χ1) is 17.6. The van der Waals surface area contributed by atoms with E-state index >= 15 is 0 Å². The number of sulfonamides is 1. The van der Waals surface area contributed by atoms with Crippen molar-refractivity contribution in [2.45, 2.75) is 35.0 Å². The SMILES string of the molecule is N=C(N)C1=CC=C(OC(=O)C(F)(F)F)[C@@](O)(C(NS(=O)(=O)c2cc3nc(Cl)ccc3s2)N2CCCC2)C1=O. The van der Waals surface area contributed by atoms with Crippen LogP contribution in [0.5, 0.6) is 0 Å². The average molecular weight is 594 g/mol. The zero-order valence-corrected chi connectivity index (χ0v) is 21.5. The third-order valence-electron chi connectivity index (χ3n) is 5.84. The number of allylic oxidation sites excluding steroid dienone is 2.